The normalized spacial score (nSPS) is 15.3. The van der Waals surface area contributed by atoms with Gasteiger partial charge in [-0.25, -0.2) is 0 Å². The van der Waals surface area contributed by atoms with Gasteiger partial charge in [-0.3, -0.25) is 0 Å². The first kappa shape index (κ1) is 30.4. The van der Waals surface area contributed by atoms with Gasteiger partial charge in [0.05, 0.1) is 5.69 Å². The molecular formula is C49H37NO3. The Morgan fingerprint density at radius 1 is 0.453 bits per heavy atom. The molecule has 0 N–H and O–H groups in total. The molecule has 7 aromatic carbocycles. The summed E-state index contributed by atoms with van der Waals surface area (Å²) in [5.41, 5.74) is 17.3. The third-order valence-corrected chi connectivity index (χ3v) is 12.1. The van der Waals surface area contributed by atoms with Crippen LogP contribution >= 0.6 is 0 Å². The second-order valence-electron chi connectivity index (χ2n) is 15.7. The first-order chi connectivity index (χ1) is 25.8. The van der Waals surface area contributed by atoms with Gasteiger partial charge in [0.2, 0.25) is 6.79 Å². The Balaban J connectivity index is 1.21. The van der Waals surface area contributed by atoms with E-state index < -0.39 is 0 Å². The molecule has 0 unspecified atom stereocenters. The summed E-state index contributed by atoms with van der Waals surface area (Å²) in [6.45, 7) is 9.62. The molecule has 8 aromatic rings. The summed E-state index contributed by atoms with van der Waals surface area (Å²) in [6.07, 6.45) is 0. The molecule has 0 saturated heterocycles. The molecular weight excluding hydrogens is 651 g/mol. The Morgan fingerprint density at radius 2 is 1.08 bits per heavy atom. The van der Waals surface area contributed by atoms with Crippen molar-refractivity contribution in [3.8, 4) is 44.9 Å². The van der Waals surface area contributed by atoms with Crippen molar-refractivity contribution in [1.82, 2.24) is 0 Å². The smallest absolute Gasteiger partial charge is 0.231 e. The van der Waals surface area contributed by atoms with Crippen molar-refractivity contribution in [1.29, 1.82) is 0 Å². The van der Waals surface area contributed by atoms with E-state index in [2.05, 4.69) is 154 Å². The van der Waals surface area contributed by atoms with Crippen LogP contribution in [0.4, 0.5) is 17.1 Å². The van der Waals surface area contributed by atoms with Gasteiger partial charge < -0.3 is 18.8 Å². The third kappa shape index (κ3) is 4.24. The number of rotatable bonds is 4. The molecule has 1 aliphatic heterocycles. The SMILES string of the molecule is CC1(C)c2ccccc2-c2ccc(N(c3ccc4c(c3)oc3ccccc34)c3cc4c(cc3-c3ccc5c(c3)OCO5)-c3ccccc3C4(C)C)cc21. The maximum Gasteiger partial charge on any atom is 0.231 e. The van der Waals surface area contributed by atoms with Crippen LogP contribution in [0.5, 0.6) is 11.5 Å². The second kappa shape index (κ2) is 10.6. The summed E-state index contributed by atoms with van der Waals surface area (Å²) in [5, 5.41) is 2.23. The van der Waals surface area contributed by atoms with Crippen LogP contribution < -0.4 is 14.4 Å². The highest BCUT2D eigenvalue weighted by molar-refractivity contribution is 6.06. The van der Waals surface area contributed by atoms with Crippen LogP contribution in [0, 0.1) is 0 Å². The number of furan rings is 1. The lowest BCUT2D eigenvalue weighted by Gasteiger charge is -2.31. The van der Waals surface area contributed by atoms with E-state index >= 15 is 0 Å². The molecule has 0 atom stereocenters. The monoisotopic (exact) mass is 687 g/mol. The van der Waals surface area contributed by atoms with Gasteiger partial charge in [0, 0.05) is 44.6 Å². The van der Waals surface area contributed by atoms with Gasteiger partial charge in [0.25, 0.3) is 0 Å². The highest BCUT2D eigenvalue weighted by Crippen LogP contribution is 2.56. The summed E-state index contributed by atoms with van der Waals surface area (Å²) in [6, 6.07) is 50.8. The number of ether oxygens (including phenoxy) is 2. The van der Waals surface area contributed by atoms with Crippen molar-refractivity contribution in [2.75, 3.05) is 11.7 Å². The molecule has 0 amide bonds. The predicted octanol–water partition coefficient (Wildman–Crippen LogP) is 13.1. The maximum absolute atomic E-state index is 6.52. The zero-order valence-electron chi connectivity index (χ0n) is 30.2. The Hall–Kier alpha value is -6.26. The standard InChI is InChI=1S/C49H37NO3/c1-48(2)39-14-8-5-11-32(39)34-20-18-30(24-41(34)48)50(31-19-21-36-35-13-7-10-16-44(35)53-46(36)25-31)43-27-42-38(33-12-6-9-15-40(33)49(42,3)4)26-37(43)29-17-22-45-47(23-29)52-28-51-45/h5-27H,28H2,1-4H3. The number of anilines is 3. The van der Waals surface area contributed by atoms with Crippen molar-refractivity contribution in [2.45, 2.75) is 38.5 Å². The van der Waals surface area contributed by atoms with Crippen molar-refractivity contribution in [3.63, 3.8) is 0 Å². The van der Waals surface area contributed by atoms with Gasteiger partial charge in [-0.1, -0.05) is 107 Å². The van der Waals surface area contributed by atoms with Crippen molar-refractivity contribution in [2.24, 2.45) is 0 Å². The van der Waals surface area contributed by atoms with Gasteiger partial charge in [-0.2, -0.15) is 0 Å². The predicted molar refractivity (Wildman–Crippen MR) is 215 cm³/mol. The number of nitrogens with zero attached hydrogens (tertiary/aromatic N) is 1. The molecule has 0 spiro atoms. The van der Waals surface area contributed by atoms with E-state index in [1.54, 1.807) is 0 Å². The zero-order valence-corrected chi connectivity index (χ0v) is 30.2. The molecule has 0 saturated carbocycles. The van der Waals surface area contributed by atoms with E-state index in [9.17, 15) is 0 Å². The van der Waals surface area contributed by atoms with E-state index in [0.29, 0.717) is 0 Å². The molecule has 0 radical (unpaired) electrons. The fraction of sp³-hybridized carbons (Fsp3) is 0.143. The van der Waals surface area contributed by atoms with Crippen LogP contribution in [0.1, 0.15) is 49.9 Å². The molecule has 0 bridgehead atoms. The molecule has 53 heavy (non-hydrogen) atoms. The van der Waals surface area contributed by atoms with Crippen LogP contribution in [0.25, 0.3) is 55.3 Å². The Bertz CT molecular complexity index is 2840. The quantitative estimate of drug-likeness (QED) is 0.184. The molecule has 0 fully saturated rings. The first-order valence-electron chi connectivity index (χ1n) is 18.4. The summed E-state index contributed by atoms with van der Waals surface area (Å²) in [5.74, 6) is 1.54. The summed E-state index contributed by atoms with van der Waals surface area (Å²) < 4.78 is 18.2. The average molecular weight is 688 g/mol. The minimum absolute atomic E-state index is 0.155. The molecule has 2 aliphatic carbocycles. The van der Waals surface area contributed by atoms with Gasteiger partial charge in [-0.05, 0) is 105 Å². The number of fused-ring (bicyclic) bond motifs is 10. The number of hydrogen-bond acceptors (Lipinski definition) is 4. The summed E-state index contributed by atoms with van der Waals surface area (Å²) in [7, 11) is 0. The fourth-order valence-corrected chi connectivity index (χ4v) is 9.33. The topological polar surface area (TPSA) is 34.8 Å². The largest absolute Gasteiger partial charge is 0.456 e. The average Bonchev–Trinajstić information content (AvgIpc) is 3.91. The van der Waals surface area contributed by atoms with Gasteiger partial charge in [0.1, 0.15) is 11.2 Å². The van der Waals surface area contributed by atoms with Gasteiger partial charge in [0.15, 0.2) is 11.5 Å². The van der Waals surface area contributed by atoms with Crippen molar-refractivity contribution >= 4 is 39.0 Å². The van der Waals surface area contributed by atoms with Crippen LogP contribution in [0.2, 0.25) is 0 Å². The minimum atomic E-state index is -0.190. The van der Waals surface area contributed by atoms with Crippen LogP contribution in [0.3, 0.4) is 0 Å². The lowest BCUT2D eigenvalue weighted by Crippen LogP contribution is -2.18. The Morgan fingerprint density at radius 3 is 1.89 bits per heavy atom. The van der Waals surface area contributed by atoms with E-state index in [0.717, 1.165) is 61.6 Å². The molecule has 11 rings (SSSR count). The molecule has 4 heteroatoms. The molecule has 4 nitrogen and oxygen atoms in total. The number of para-hydroxylation sites is 1. The van der Waals surface area contributed by atoms with E-state index in [4.69, 9.17) is 13.9 Å². The van der Waals surface area contributed by atoms with Crippen LogP contribution in [-0.4, -0.2) is 6.79 Å². The van der Waals surface area contributed by atoms with Gasteiger partial charge >= 0.3 is 0 Å². The van der Waals surface area contributed by atoms with E-state index in [-0.39, 0.29) is 17.6 Å². The highest BCUT2D eigenvalue weighted by atomic mass is 16.7. The lowest BCUT2D eigenvalue weighted by atomic mass is 9.81. The first-order valence-corrected chi connectivity index (χ1v) is 18.4. The van der Waals surface area contributed by atoms with Crippen LogP contribution in [-0.2, 0) is 10.8 Å². The number of benzene rings is 7. The Kier molecular flexibility index (Phi) is 6.10. The lowest BCUT2D eigenvalue weighted by molar-refractivity contribution is 0.174. The van der Waals surface area contributed by atoms with Gasteiger partial charge in [-0.15, -0.1) is 0 Å². The summed E-state index contributed by atoms with van der Waals surface area (Å²) in [4.78, 5) is 2.44. The molecule has 1 aromatic heterocycles. The summed E-state index contributed by atoms with van der Waals surface area (Å²) >= 11 is 0. The molecule has 2 heterocycles. The fourth-order valence-electron chi connectivity index (χ4n) is 9.33. The zero-order chi connectivity index (χ0) is 35.6. The molecule has 256 valence electrons. The Labute approximate surface area is 308 Å². The third-order valence-electron chi connectivity index (χ3n) is 12.1. The second-order valence-corrected chi connectivity index (χ2v) is 15.7. The van der Waals surface area contributed by atoms with E-state index in [1.807, 2.05) is 18.2 Å². The van der Waals surface area contributed by atoms with Crippen molar-refractivity contribution < 1.29 is 13.9 Å². The number of hydrogen-bond donors (Lipinski definition) is 0. The minimum Gasteiger partial charge on any atom is -0.456 e. The maximum atomic E-state index is 6.52. The highest BCUT2D eigenvalue weighted by Gasteiger charge is 2.39. The molecule has 3 aliphatic rings. The van der Waals surface area contributed by atoms with Crippen LogP contribution in [0.15, 0.2) is 144 Å². The van der Waals surface area contributed by atoms with Crippen molar-refractivity contribution in [3.05, 3.63) is 162 Å². The van der Waals surface area contributed by atoms with E-state index in [1.165, 1.54) is 44.5 Å².